The second-order valence-corrected chi connectivity index (χ2v) is 1.67. The summed E-state index contributed by atoms with van der Waals surface area (Å²) in [6.45, 7) is 0.121. The van der Waals surface area contributed by atoms with Crippen LogP contribution in [0, 0.1) is 0 Å². The molecule has 1 N–H and O–H groups in total. The molecule has 0 aliphatic carbocycles. The molecule has 0 atom stereocenters. The summed E-state index contributed by atoms with van der Waals surface area (Å²) in [5, 5.41) is 2.43. The maximum atomic E-state index is 10.7. The molecule has 60 valence electrons. The number of carbonyl (C=O) groups is 1. The van der Waals surface area contributed by atoms with E-state index < -0.39 is 0 Å². The minimum Gasteiger partial charge on any atom is -0.341 e. The van der Waals surface area contributed by atoms with Crippen LogP contribution in [0.5, 0.6) is 0 Å². The minimum absolute atomic E-state index is 0.121. The topological polar surface area (TPSA) is 50.8 Å². The molecule has 0 unspecified atom stereocenters. The van der Waals surface area contributed by atoms with Gasteiger partial charge in [-0.2, -0.15) is 0 Å². The lowest BCUT2D eigenvalue weighted by Crippen LogP contribution is -2.36. The van der Waals surface area contributed by atoms with E-state index >= 15 is 0 Å². The van der Waals surface area contributed by atoms with Crippen molar-refractivity contribution in [3.05, 3.63) is 0 Å². The molecule has 0 radical (unpaired) electrons. The van der Waals surface area contributed by atoms with Crippen molar-refractivity contribution in [1.29, 1.82) is 0 Å². The van der Waals surface area contributed by atoms with E-state index in [1.165, 1.54) is 12.0 Å². The fraction of sp³-hybridized carbons (Fsp3) is 0.800. The van der Waals surface area contributed by atoms with Gasteiger partial charge in [0.1, 0.15) is 0 Å². The van der Waals surface area contributed by atoms with Gasteiger partial charge in [0, 0.05) is 14.1 Å². The summed E-state index contributed by atoms with van der Waals surface area (Å²) in [6, 6.07) is -0.211. The van der Waals surface area contributed by atoms with Crippen molar-refractivity contribution in [2.75, 3.05) is 27.9 Å². The molecule has 0 fully saturated rings. The van der Waals surface area contributed by atoms with Crippen LogP contribution >= 0.6 is 0 Å². The van der Waals surface area contributed by atoms with Crippen LogP contribution in [0.2, 0.25) is 0 Å². The standard InChI is InChI=1S/C5H12N2O3/c1-6-5(8)7(2)4-10-9-3/h4H2,1-3H3,(H,6,8). The zero-order chi connectivity index (χ0) is 7.98. The van der Waals surface area contributed by atoms with Gasteiger partial charge in [0.25, 0.3) is 0 Å². The summed E-state index contributed by atoms with van der Waals surface area (Å²) in [4.78, 5) is 20.8. The average molecular weight is 148 g/mol. The van der Waals surface area contributed by atoms with Gasteiger partial charge < -0.3 is 10.2 Å². The Bertz CT molecular complexity index is 107. The number of hydrogen-bond donors (Lipinski definition) is 1. The van der Waals surface area contributed by atoms with Crippen molar-refractivity contribution < 1.29 is 14.6 Å². The average Bonchev–Trinajstić information content (AvgIpc) is 1.98. The van der Waals surface area contributed by atoms with E-state index in [1.54, 1.807) is 14.1 Å². The quantitative estimate of drug-likeness (QED) is 0.342. The van der Waals surface area contributed by atoms with E-state index in [9.17, 15) is 4.79 Å². The maximum absolute atomic E-state index is 10.7. The molecule has 5 heteroatoms. The first-order valence-electron chi connectivity index (χ1n) is 2.80. The Labute approximate surface area is 59.8 Å². The molecular formula is C5H12N2O3. The largest absolute Gasteiger partial charge is 0.341 e. The predicted molar refractivity (Wildman–Crippen MR) is 35.2 cm³/mol. The van der Waals surface area contributed by atoms with Crippen LogP contribution in [0.1, 0.15) is 0 Å². The summed E-state index contributed by atoms with van der Waals surface area (Å²) >= 11 is 0. The number of nitrogens with one attached hydrogen (secondary N) is 1. The highest BCUT2D eigenvalue weighted by Gasteiger charge is 2.03. The normalized spacial score (nSPS) is 9.10. The second kappa shape index (κ2) is 5.01. The van der Waals surface area contributed by atoms with E-state index in [4.69, 9.17) is 0 Å². The molecule has 0 aromatic heterocycles. The van der Waals surface area contributed by atoms with E-state index in [-0.39, 0.29) is 12.8 Å². The van der Waals surface area contributed by atoms with Crippen LogP contribution in [0.3, 0.4) is 0 Å². The van der Waals surface area contributed by atoms with Gasteiger partial charge >= 0.3 is 6.03 Å². The van der Waals surface area contributed by atoms with Gasteiger partial charge in [0.2, 0.25) is 0 Å². The Morgan fingerprint density at radius 2 is 2.30 bits per heavy atom. The number of carbonyl (C=O) groups excluding carboxylic acids is 1. The van der Waals surface area contributed by atoms with Crippen molar-refractivity contribution in [2.24, 2.45) is 0 Å². The van der Waals surface area contributed by atoms with Gasteiger partial charge in [0.05, 0.1) is 7.11 Å². The van der Waals surface area contributed by atoms with Crippen LogP contribution in [0.25, 0.3) is 0 Å². The summed E-state index contributed by atoms with van der Waals surface area (Å²) < 4.78 is 0. The van der Waals surface area contributed by atoms with E-state index in [1.807, 2.05) is 0 Å². The maximum Gasteiger partial charge on any atom is 0.318 e. The highest BCUT2D eigenvalue weighted by Crippen LogP contribution is 1.83. The third kappa shape index (κ3) is 3.26. The summed E-state index contributed by atoms with van der Waals surface area (Å²) in [6.07, 6.45) is 0. The van der Waals surface area contributed by atoms with Crippen LogP contribution in [0.4, 0.5) is 4.79 Å². The van der Waals surface area contributed by atoms with E-state index in [0.717, 1.165) is 0 Å². The molecule has 0 rings (SSSR count). The molecule has 0 aliphatic heterocycles. The smallest absolute Gasteiger partial charge is 0.318 e. The van der Waals surface area contributed by atoms with Crippen LogP contribution in [-0.4, -0.2) is 38.9 Å². The lowest BCUT2D eigenvalue weighted by molar-refractivity contribution is -0.288. The Morgan fingerprint density at radius 1 is 1.70 bits per heavy atom. The zero-order valence-corrected chi connectivity index (χ0v) is 6.38. The van der Waals surface area contributed by atoms with Crippen LogP contribution < -0.4 is 5.32 Å². The summed E-state index contributed by atoms with van der Waals surface area (Å²) in [5.41, 5.74) is 0. The molecule has 10 heavy (non-hydrogen) atoms. The van der Waals surface area contributed by atoms with Crippen LogP contribution in [0.15, 0.2) is 0 Å². The molecule has 0 saturated heterocycles. The number of urea groups is 1. The number of nitrogens with zero attached hydrogens (tertiary/aromatic N) is 1. The van der Waals surface area contributed by atoms with Gasteiger partial charge in [-0.1, -0.05) is 0 Å². The Morgan fingerprint density at radius 3 is 2.70 bits per heavy atom. The van der Waals surface area contributed by atoms with Gasteiger partial charge in [-0.05, 0) is 0 Å². The Kier molecular flexibility index (Phi) is 4.61. The molecule has 2 amide bonds. The molecule has 0 saturated carbocycles. The monoisotopic (exact) mass is 148 g/mol. The number of hydrogen-bond acceptors (Lipinski definition) is 3. The van der Waals surface area contributed by atoms with Crippen molar-refractivity contribution >= 4 is 6.03 Å². The zero-order valence-electron chi connectivity index (χ0n) is 6.38. The SMILES string of the molecule is CNC(=O)N(C)COOC. The molecular weight excluding hydrogens is 136 g/mol. The lowest BCUT2D eigenvalue weighted by Gasteiger charge is -2.14. The van der Waals surface area contributed by atoms with E-state index in [0.29, 0.717) is 0 Å². The highest BCUT2D eigenvalue weighted by molar-refractivity contribution is 5.73. The fourth-order valence-corrected chi connectivity index (χ4v) is 0.381. The summed E-state index contributed by atoms with van der Waals surface area (Å²) in [5.74, 6) is 0. The first-order valence-corrected chi connectivity index (χ1v) is 2.80. The van der Waals surface area contributed by atoms with Crippen molar-refractivity contribution in [3.63, 3.8) is 0 Å². The Balaban J connectivity index is 3.41. The molecule has 0 bridgehead atoms. The molecule has 5 nitrogen and oxygen atoms in total. The first-order chi connectivity index (χ1) is 4.72. The number of rotatable bonds is 3. The first kappa shape index (κ1) is 9.19. The molecule has 0 heterocycles. The lowest BCUT2D eigenvalue weighted by atomic mass is 10.8. The molecule has 0 aliphatic rings. The van der Waals surface area contributed by atoms with Gasteiger partial charge in [0.15, 0.2) is 6.73 Å². The third-order valence-electron chi connectivity index (χ3n) is 0.925. The summed E-state index contributed by atoms with van der Waals surface area (Å²) in [7, 11) is 4.53. The second-order valence-electron chi connectivity index (χ2n) is 1.67. The Hall–Kier alpha value is -0.810. The van der Waals surface area contributed by atoms with Crippen molar-refractivity contribution in [3.8, 4) is 0 Å². The fourth-order valence-electron chi connectivity index (χ4n) is 0.381. The third-order valence-corrected chi connectivity index (χ3v) is 0.925. The van der Waals surface area contributed by atoms with Crippen molar-refractivity contribution in [2.45, 2.75) is 0 Å². The van der Waals surface area contributed by atoms with Gasteiger partial charge in [-0.15, -0.1) is 0 Å². The van der Waals surface area contributed by atoms with Gasteiger partial charge in [-0.3, -0.25) is 0 Å². The van der Waals surface area contributed by atoms with E-state index in [2.05, 4.69) is 15.1 Å². The van der Waals surface area contributed by atoms with Gasteiger partial charge in [-0.25, -0.2) is 14.6 Å². The highest BCUT2D eigenvalue weighted by atomic mass is 17.2. The molecule has 0 aromatic rings. The van der Waals surface area contributed by atoms with Crippen molar-refractivity contribution in [1.82, 2.24) is 10.2 Å². The number of amides is 2. The molecule has 0 aromatic carbocycles. The molecule has 0 spiro atoms. The minimum atomic E-state index is -0.211. The van der Waals surface area contributed by atoms with Crippen LogP contribution in [-0.2, 0) is 9.78 Å². The predicted octanol–water partition coefficient (Wildman–Crippen LogP) is -0.207.